The first-order valence-corrected chi connectivity index (χ1v) is 8.33. The SMILES string of the molecule is O=c1[nH]c(O)c(/C=c2\cnn3c(=NC4CC4)nc(N4CC(F)(F)C4)nc23)[nH]1. The molecule has 10 nitrogen and oxygen atoms in total. The fourth-order valence-corrected chi connectivity index (χ4v) is 2.86. The van der Waals surface area contributed by atoms with Crippen molar-refractivity contribution in [3.05, 3.63) is 33.2 Å². The number of aromatic amines is 2. The van der Waals surface area contributed by atoms with E-state index < -0.39 is 24.7 Å². The van der Waals surface area contributed by atoms with Crippen LogP contribution >= 0.6 is 0 Å². The summed E-state index contributed by atoms with van der Waals surface area (Å²) in [6.45, 7) is -0.906. The summed E-state index contributed by atoms with van der Waals surface area (Å²) >= 11 is 0. The van der Waals surface area contributed by atoms with Crippen LogP contribution in [0.4, 0.5) is 14.7 Å². The Balaban J connectivity index is 1.70. The van der Waals surface area contributed by atoms with Crippen molar-refractivity contribution in [2.45, 2.75) is 24.8 Å². The lowest BCUT2D eigenvalue weighted by Gasteiger charge is -2.38. The third kappa shape index (κ3) is 2.82. The van der Waals surface area contributed by atoms with E-state index in [0.29, 0.717) is 16.5 Å². The molecule has 0 amide bonds. The first-order chi connectivity index (χ1) is 12.9. The summed E-state index contributed by atoms with van der Waals surface area (Å²) in [5.41, 5.74) is 0.235. The Bertz CT molecular complexity index is 1210. The highest BCUT2D eigenvalue weighted by atomic mass is 19.3. The van der Waals surface area contributed by atoms with Crippen LogP contribution in [0.5, 0.6) is 5.88 Å². The van der Waals surface area contributed by atoms with Crippen LogP contribution in [-0.4, -0.2) is 59.7 Å². The van der Waals surface area contributed by atoms with Gasteiger partial charge in [0.05, 0.1) is 25.3 Å². The predicted octanol–water partition coefficient (Wildman–Crippen LogP) is -1.09. The van der Waals surface area contributed by atoms with Crippen LogP contribution in [0.15, 0.2) is 16.0 Å². The van der Waals surface area contributed by atoms with Gasteiger partial charge in [-0.25, -0.2) is 18.6 Å². The third-order valence-corrected chi connectivity index (χ3v) is 4.37. The van der Waals surface area contributed by atoms with Crippen LogP contribution in [0.3, 0.4) is 0 Å². The van der Waals surface area contributed by atoms with Gasteiger partial charge in [0.2, 0.25) is 11.8 Å². The molecule has 0 radical (unpaired) electrons. The van der Waals surface area contributed by atoms with Gasteiger partial charge < -0.3 is 15.0 Å². The van der Waals surface area contributed by atoms with Gasteiger partial charge in [-0.2, -0.15) is 19.6 Å². The lowest BCUT2D eigenvalue weighted by Crippen LogP contribution is -2.57. The Morgan fingerprint density at radius 2 is 2.07 bits per heavy atom. The highest BCUT2D eigenvalue weighted by Gasteiger charge is 2.45. The fourth-order valence-electron chi connectivity index (χ4n) is 2.86. The van der Waals surface area contributed by atoms with E-state index in [1.54, 1.807) is 0 Å². The normalized spacial score (nSPS) is 20.4. The van der Waals surface area contributed by atoms with Gasteiger partial charge >= 0.3 is 5.69 Å². The van der Waals surface area contributed by atoms with Gasteiger partial charge in [-0.1, -0.05) is 0 Å². The molecule has 1 saturated carbocycles. The molecule has 1 saturated heterocycles. The topological polar surface area (TPSA) is 128 Å². The molecule has 3 aromatic rings. The number of nitrogens with one attached hydrogen (secondary N) is 2. The lowest BCUT2D eigenvalue weighted by molar-refractivity contribution is -0.0272. The zero-order valence-electron chi connectivity index (χ0n) is 13.9. The summed E-state index contributed by atoms with van der Waals surface area (Å²) in [6.07, 6.45) is 4.86. The summed E-state index contributed by atoms with van der Waals surface area (Å²) in [5.74, 6) is -2.93. The molecule has 0 aromatic carbocycles. The minimum Gasteiger partial charge on any atom is -0.493 e. The van der Waals surface area contributed by atoms with E-state index in [0.717, 1.165) is 12.8 Å². The van der Waals surface area contributed by atoms with Crippen molar-refractivity contribution in [3.8, 4) is 5.88 Å². The number of nitrogens with zero attached hydrogens (tertiary/aromatic N) is 6. The van der Waals surface area contributed by atoms with E-state index in [1.807, 2.05) is 0 Å². The average molecular weight is 376 g/mol. The van der Waals surface area contributed by atoms with Gasteiger partial charge in [-0.15, -0.1) is 0 Å². The van der Waals surface area contributed by atoms with E-state index in [-0.39, 0.29) is 23.6 Å². The van der Waals surface area contributed by atoms with Crippen LogP contribution in [0.1, 0.15) is 18.5 Å². The van der Waals surface area contributed by atoms with Crippen molar-refractivity contribution >= 4 is 17.7 Å². The molecular weight excluding hydrogens is 362 g/mol. The average Bonchev–Trinajstić information content (AvgIpc) is 3.21. The van der Waals surface area contributed by atoms with Gasteiger partial charge in [0, 0.05) is 5.22 Å². The Kier molecular flexibility index (Phi) is 3.15. The molecule has 27 heavy (non-hydrogen) atoms. The van der Waals surface area contributed by atoms with Crippen LogP contribution < -0.4 is 21.4 Å². The number of hydrogen-bond donors (Lipinski definition) is 3. The molecule has 3 N–H and O–H groups in total. The monoisotopic (exact) mass is 376 g/mol. The summed E-state index contributed by atoms with van der Waals surface area (Å²) in [5, 5.41) is 14.4. The Morgan fingerprint density at radius 1 is 1.30 bits per heavy atom. The van der Waals surface area contributed by atoms with Gasteiger partial charge in [0.1, 0.15) is 5.69 Å². The number of imidazole rings is 1. The number of fused-ring (bicyclic) bond motifs is 1. The Morgan fingerprint density at radius 3 is 2.70 bits per heavy atom. The Labute approximate surface area is 148 Å². The van der Waals surface area contributed by atoms with Crippen LogP contribution in [0.2, 0.25) is 0 Å². The van der Waals surface area contributed by atoms with Gasteiger partial charge in [0.15, 0.2) is 5.65 Å². The van der Waals surface area contributed by atoms with Crippen molar-refractivity contribution in [2.24, 2.45) is 4.99 Å². The van der Waals surface area contributed by atoms with Gasteiger partial charge in [0.25, 0.3) is 11.5 Å². The highest BCUT2D eigenvalue weighted by Crippen LogP contribution is 2.29. The van der Waals surface area contributed by atoms with Crippen molar-refractivity contribution in [2.75, 3.05) is 18.0 Å². The molecule has 2 aliphatic rings. The minimum absolute atomic E-state index is 0.148. The molecule has 1 aliphatic heterocycles. The number of alkyl halides is 2. The van der Waals surface area contributed by atoms with Crippen LogP contribution in [0, 0.1) is 0 Å². The molecule has 0 spiro atoms. The van der Waals surface area contributed by atoms with E-state index in [2.05, 4.69) is 30.0 Å². The molecule has 0 bridgehead atoms. The van der Waals surface area contributed by atoms with Crippen molar-refractivity contribution in [1.29, 1.82) is 0 Å². The first-order valence-electron chi connectivity index (χ1n) is 8.33. The maximum absolute atomic E-state index is 13.3. The number of hydrogen-bond acceptors (Lipinski definition) is 7. The van der Waals surface area contributed by atoms with E-state index in [4.69, 9.17) is 0 Å². The van der Waals surface area contributed by atoms with E-state index in [9.17, 15) is 18.7 Å². The standard InChI is InChI=1S/C15H14F2N8O2/c16-15(17)5-24(6-15)12-21-10-7(3-9-11(26)22-14(27)20-9)4-18-25(10)13(23-12)19-8-1-2-8/h3-4,8,26H,1-2,5-6H2,(H2,20,22,27)/b7-3+,19-13?. The number of halogens is 2. The molecule has 5 rings (SSSR count). The molecule has 140 valence electrons. The molecule has 0 atom stereocenters. The summed E-state index contributed by atoms with van der Waals surface area (Å²) in [4.78, 5) is 30.5. The second kappa shape index (κ2) is 5.34. The van der Waals surface area contributed by atoms with Crippen LogP contribution in [0.25, 0.3) is 11.7 Å². The van der Waals surface area contributed by atoms with Gasteiger partial charge in [-0.3, -0.25) is 4.98 Å². The molecule has 0 unspecified atom stereocenters. The largest absolute Gasteiger partial charge is 0.493 e. The number of aromatic hydroxyl groups is 1. The quantitative estimate of drug-likeness (QED) is 0.533. The maximum atomic E-state index is 13.3. The second-order valence-electron chi connectivity index (χ2n) is 6.72. The minimum atomic E-state index is -2.76. The van der Waals surface area contributed by atoms with E-state index >= 15 is 0 Å². The molecule has 2 fully saturated rings. The predicted molar refractivity (Wildman–Crippen MR) is 88.4 cm³/mol. The molecule has 3 aromatic heterocycles. The smallest absolute Gasteiger partial charge is 0.326 e. The molecular formula is C15H14F2N8O2. The summed E-state index contributed by atoms with van der Waals surface area (Å²) in [6, 6.07) is 0.149. The number of H-pyrrole nitrogens is 2. The Hall–Kier alpha value is -3.31. The molecule has 12 heteroatoms. The number of aromatic nitrogens is 6. The lowest BCUT2D eigenvalue weighted by atomic mass is 10.2. The molecule has 1 aliphatic carbocycles. The second-order valence-corrected chi connectivity index (χ2v) is 6.72. The highest BCUT2D eigenvalue weighted by molar-refractivity contribution is 5.57. The molecule has 4 heterocycles. The number of anilines is 1. The van der Waals surface area contributed by atoms with Crippen molar-refractivity contribution in [3.63, 3.8) is 0 Å². The van der Waals surface area contributed by atoms with Crippen LogP contribution in [-0.2, 0) is 0 Å². The zero-order valence-corrected chi connectivity index (χ0v) is 13.9. The van der Waals surface area contributed by atoms with Crippen molar-refractivity contribution < 1.29 is 13.9 Å². The van der Waals surface area contributed by atoms with Gasteiger partial charge in [-0.05, 0) is 18.9 Å². The van der Waals surface area contributed by atoms with E-state index in [1.165, 1.54) is 21.7 Å². The third-order valence-electron chi connectivity index (χ3n) is 4.37. The summed E-state index contributed by atoms with van der Waals surface area (Å²) in [7, 11) is 0. The zero-order chi connectivity index (χ0) is 18.8. The summed E-state index contributed by atoms with van der Waals surface area (Å²) < 4.78 is 27.9. The number of rotatable bonds is 3. The van der Waals surface area contributed by atoms with Crippen molar-refractivity contribution in [1.82, 2.24) is 29.5 Å². The fraction of sp³-hybridized carbons (Fsp3) is 0.400. The first kappa shape index (κ1) is 15.9. The maximum Gasteiger partial charge on any atom is 0.326 e.